The SMILES string of the molecule is CN(C1CCSC1)S(=O)(=O)c1ccc(CCO)s1. The van der Waals surface area contributed by atoms with Gasteiger partial charge in [0.05, 0.1) is 0 Å². The predicted octanol–water partition coefficient (Wildman–Crippen LogP) is 1.41. The lowest BCUT2D eigenvalue weighted by atomic mass is 10.3. The molecule has 1 aromatic heterocycles. The summed E-state index contributed by atoms with van der Waals surface area (Å²) in [6.07, 6.45) is 1.44. The second-order valence-electron chi connectivity index (χ2n) is 4.23. The molecule has 1 fully saturated rings. The molecule has 1 aromatic rings. The highest BCUT2D eigenvalue weighted by Gasteiger charge is 2.31. The average Bonchev–Trinajstić information content (AvgIpc) is 2.99. The van der Waals surface area contributed by atoms with Gasteiger partial charge in [-0.3, -0.25) is 0 Å². The van der Waals surface area contributed by atoms with E-state index in [4.69, 9.17) is 5.11 Å². The van der Waals surface area contributed by atoms with Gasteiger partial charge in [-0.05, 0) is 24.3 Å². The van der Waals surface area contributed by atoms with Crippen LogP contribution in [0.15, 0.2) is 16.3 Å². The fraction of sp³-hybridized carbons (Fsp3) is 0.636. The maximum Gasteiger partial charge on any atom is 0.252 e. The number of rotatable bonds is 5. The molecule has 0 aliphatic carbocycles. The molecule has 0 spiro atoms. The van der Waals surface area contributed by atoms with Crippen molar-refractivity contribution < 1.29 is 13.5 Å². The summed E-state index contributed by atoms with van der Waals surface area (Å²) in [7, 11) is -1.70. The topological polar surface area (TPSA) is 57.6 Å². The number of thioether (sulfide) groups is 1. The molecule has 2 heterocycles. The first-order chi connectivity index (χ1) is 8.55. The standard InChI is InChI=1S/C11H17NO3S3/c1-12(9-5-7-16-8-9)18(14,15)11-3-2-10(17-11)4-6-13/h2-3,9,13H,4-8H2,1H3. The zero-order chi connectivity index (χ0) is 13.2. The van der Waals surface area contributed by atoms with E-state index in [1.165, 1.54) is 15.6 Å². The van der Waals surface area contributed by atoms with Crippen molar-refractivity contribution >= 4 is 33.1 Å². The lowest BCUT2D eigenvalue weighted by Gasteiger charge is -2.22. The Bertz CT molecular complexity index is 491. The van der Waals surface area contributed by atoms with Gasteiger partial charge in [0.1, 0.15) is 4.21 Å². The largest absolute Gasteiger partial charge is 0.396 e. The maximum atomic E-state index is 12.4. The molecule has 1 aliphatic rings. The maximum absolute atomic E-state index is 12.4. The van der Waals surface area contributed by atoms with E-state index < -0.39 is 10.0 Å². The molecule has 1 unspecified atom stereocenters. The number of thiophene rings is 1. The fourth-order valence-electron chi connectivity index (χ4n) is 1.89. The van der Waals surface area contributed by atoms with E-state index in [2.05, 4.69) is 0 Å². The van der Waals surface area contributed by atoms with Crippen molar-refractivity contribution in [2.24, 2.45) is 0 Å². The Kier molecular flexibility index (Phi) is 4.71. The first-order valence-corrected chi connectivity index (χ1v) is 9.22. The van der Waals surface area contributed by atoms with E-state index >= 15 is 0 Å². The van der Waals surface area contributed by atoms with Crippen molar-refractivity contribution in [2.45, 2.75) is 23.1 Å². The van der Waals surface area contributed by atoms with Crippen molar-refractivity contribution in [3.05, 3.63) is 17.0 Å². The molecule has 0 amide bonds. The molecular weight excluding hydrogens is 290 g/mol. The molecule has 1 aliphatic heterocycles. The van der Waals surface area contributed by atoms with E-state index in [9.17, 15) is 8.42 Å². The summed E-state index contributed by atoms with van der Waals surface area (Å²) in [6.45, 7) is 0.0507. The molecule has 0 aromatic carbocycles. The van der Waals surface area contributed by atoms with Gasteiger partial charge in [0.15, 0.2) is 0 Å². The van der Waals surface area contributed by atoms with Crippen LogP contribution in [0.2, 0.25) is 0 Å². The van der Waals surface area contributed by atoms with E-state index in [0.29, 0.717) is 10.6 Å². The lowest BCUT2D eigenvalue weighted by Crippen LogP contribution is -2.36. The van der Waals surface area contributed by atoms with E-state index in [-0.39, 0.29) is 12.6 Å². The number of aliphatic hydroxyl groups is 1. The van der Waals surface area contributed by atoms with Crippen LogP contribution in [0.1, 0.15) is 11.3 Å². The van der Waals surface area contributed by atoms with E-state index in [1.807, 2.05) is 0 Å². The van der Waals surface area contributed by atoms with Gasteiger partial charge in [0.25, 0.3) is 10.0 Å². The molecule has 102 valence electrons. The van der Waals surface area contributed by atoms with Gasteiger partial charge < -0.3 is 5.11 Å². The predicted molar refractivity (Wildman–Crippen MR) is 75.8 cm³/mol. The highest BCUT2D eigenvalue weighted by Crippen LogP contribution is 2.29. The summed E-state index contributed by atoms with van der Waals surface area (Å²) in [4.78, 5) is 0.908. The van der Waals surface area contributed by atoms with Crippen LogP contribution in [0.5, 0.6) is 0 Å². The van der Waals surface area contributed by atoms with Crippen molar-refractivity contribution in [1.29, 1.82) is 0 Å². The number of nitrogens with zero attached hydrogens (tertiary/aromatic N) is 1. The highest BCUT2D eigenvalue weighted by molar-refractivity contribution is 7.99. The number of aliphatic hydroxyl groups excluding tert-OH is 1. The second kappa shape index (κ2) is 5.92. The Labute approximate surface area is 116 Å². The molecule has 18 heavy (non-hydrogen) atoms. The summed E-state index contributed by atoms with van der Waals surface area (Å²) in [5.74, 6) is 1.91. The first-order valence-electron chi connectivity index (χ1n) is 5.81. The van der Waals surface area contributed by atoms with Crippen molar-refractivity contribution in [3.63, 3.8) is 0 Å². The molecule has 1 saturated heterocycles. The Morgan fingerprint density at radius 3 is 2.89 bits per heavy atom. The minimum atomic E-state index is -3.36. The van der Waals surface area contributed by atoms with Gasteiger partial charge in [-0.15, -0.1) is 11.3 Å². The number of sulfonamides is 1. The van der Waals surface area contributed by atoms with Crippen LogP contribution < -0.4 is 0 Å². The van der Waals surface area contributed by atoms with Gasteiger partial charge >= 0.3 is 0 Å². The second-order valence-corrected chi connectivity index (χ2v) is 8.78. The highest BCUT2D eigenvalue weighted by atomic mass is 32.2. The summed E-state index contributed by atoms with van der Waals surface area (Å²) < 4.78 is 26.7. The molecule has 0 radical (unpaired) electrons. The third-order valence-electron chi connectivity index (χ3n) is 3.05. The van der Waals surface area contributed by atoms with Crippen LogP contribution in [0.25, 0.3) is 0 Å². The van der Waals surface area contributed by atoms with Gasteiger partial charge in [-0.2, -0.15) is 16.1 Å². The summed E-state index contributed by atoms with van der Waals surface area (Å²) in [5, 5.41) is 8.86. The fourth-order valence-corrected chi connectivity index (χ4v) is 6.17. The number of hydrogen-bond acceptors (Lipinski definition) is 5. The lowest BCUT2D eigenvalue weighted by molar-refractivity contribution is 0.300. The smallest absolute Gasteiger partial charge is 0.252 e. The summed E-state index contributed by atoms with van der Waals surface area (Å²) >= 11 is 3.05. The molecule has 0 saturated carbocycles. The molecule has 4 nitrogen and oxygen atoms in total. The minimum absolute atomic E-state index is 0.0507. The molecular formula is C11H17NO3S3. The van der Waals surface area contributed by atoms with E-state index in [0.717, 1.165) is 22.8 Å². The zero-order valence-electron chi connectivity index (χ0n) is 10.2. The quantitative estimate of drug-likeness (QED) is 0.893. The normalized spacial score (nSPS) is 20.7. The Morgan fingerprint density at radius 1 is 1.50 bits per heavy atom. The van der Waals surface area contributed by atoms with E-state index in [1.54, 1.807) is 30.9 Å². The molecule has 0 bridgehead atoms. The molecule has 1 atom stereocenters. The molecule has 1 N–H and O–H groups in total. The van der Waals surface area contributed by atoms with Crippen LogP contribution in [0.4, 0.5) is 0 Å². The zero-order valence-corrected chi connectivity index (χ0v) is 12.7. The average molecular weight is 307 g/mol. The Hall–Kier alpha value is -0.0800. The van der Waals surface area contributed by atoms with Crippen LogP contribution in [0.3, 0.4) is 0 Å². The Morgan fingerprint density at radius 2 is 2.28 bits per heavy atom. The third-order valence-corrected chi connectivity index (χ3v) is 7.72. The monoisotopic (exact) mass is 307 g/mol. The third kappa shape index (κ3) is 2.91. The Balaban J connectivity index is 2.18. The molecule has 2 rings (SSSR count). The number of hydrogen-bond donors (Lipinski definition) is 1. The summed E-state index contributed by atoms with van der Waals surface area (Å²) in [5.41, 5.74) is 0. The van der Waals surface area contributed by atoms with Crippen LogP contribution in [-0.2, 0) is 16.4 Å². The summed E-state index contributed by atoms with van der Waals surface area (Å²) in [6, 6.07) is 3.54. The van der Waals surface area contributed by atoms with Crippen molar-refractivity contribution in [3.8, 4) is 0 Å². The first kappa shape index (κ1) is 14.3. The van der Waals surface area contributed by atoms with Crippen LogP contribution in [-0.4, -0.2) is 49.0 Å². The van der Waals surface area contributed by atoms with Gasteiger partial charge in [-0.25, -0.2) is 8.42 Å². The van der Waals surface area contributed by atoms with Crippen molar-refractivity contribution in [2.75, 3.05) is 25.2 Å². The van der Waals surface area contributed by atoms with Crippen molar-refractivity contribution in [1.82, 2.24) is 4.31 Å². The minimum Gasteiger partial charge on any atom is -0.396 e. The van der Waals surface area contributed by atoms with Gasteiger partial charge in [0, 0.05) is 36.7 Å². The molecule has 7 heteroatoms. The van der Waals surface area contributed by atoms with Crippen LogP contribution in [0, 0.1) is 0 Å². The van der Waals surface area contributed by atoms with Crippen LogP contribution >= 0.6 is 23.1 Å². The van der Waals surface area contributed by atoms with Gasteiger partial charge in [0.2, 0.25) is 0 Å². The van der Waals surface area contributed by atoms with Gasteiger partial charge in [-0.1, -0.05) is 0 Å².